The Morgan fingerprint density at radius 1 is 0.973 bits per heavy atom. The van der Waals surface area contributed by atoms with Gasteiger partial charge in [-0.1, -0.05) is 77.0 Å². The molecule has 0 unspecified atom stereocenters. The molecule has 11 aliphatic carbocycles. The molecule has 2 heterocycles. The fourth-order valence-corrected chi connectivity index (χ4v) is 25.6. The highest BCUT2D eigenvalue weighted by Crippen LogP contribution is 2.82. The first-order valence-corrected chi connectivity index (χ1v) is 32.2. The molecule has 12 aliphatic rings. The van der Waals surface area contributed by atoms with E-state index in [1.165, 1.54) is 44.1 Å². The highest BCUT2D eigenvalue weighted by Gasteiger charge is 2.83. The van der Waals surface area contributed by atoms with Crippen molar-refractivity contribution in [2.24, 2.45) is 103 Å². The van der Waals surface area contributed by atoms with Gasteiger partial charge in [-0.3, -0.25) is 9.79 Å². The van der Waals surface area contributed by atoms with Gasteiger partial charge in [0.25, 0.3) is 0 Å². The minimum Gasteiger partial charge on any atom is -0.396 e. The summed E-state index contributed by atoms with van der Waals surface area (Å²) in [5, 5.41) is 83.6. The number of nitrogens with two attached hydrogens (primary N) is 1. The molecule has 0 amide bonds. The molecule has 1 saturated heterocycles. The number of hydrogen-bond donors (Lipinski definition) is 9. The van der Waals surface area contributed by atoms with Crippen LogP contribution in [-0.2, 0) is 4.79 Å². The number of guanidine groups is 1. The number of aliphatic imine (C=N–C) groups is 1. The van der Waals surface area contributed by atoms with Gasteiger partial charge in [0.05, 0.1) is 36.8 Å². The summed E-state index contributed by atoms with van der Waals surface area (Å²) in [5.74, 6) is -0.460. The summed E-state index contributed by atoms with van der Waals surface area (Å²) in [6, 6.07) is 0.141. The van der Waals surface area contributed by atoms with Gasteiger partial charge in [0.15, 0.2) is 11.7 Å². The second-order valence-electron chi connectivity index (χ2n) is 27.7. The smallest absolute Gasteiger partial charge is 0.190 e. The van der Waals surface area contributed by atoms with Crippen molar-refractivity contribution in [1.29, 1.82) is 0 Å². The zero-order chi connectivity index (χ0) is 52.2. The SMILES string of the molecule is CNC[C@@H]1[C@@H](O)[C@@H](O)C[C@]23CCC[C@@]4(CN=C(N)N[C@@H](C)O)[C@H]2C(=CC(=O)[C@H]13)[C@]1(O)[C@H]2CSSC[C@@H](n3ccnc3)CC(C)(C)C3=C5CCCC6(CCCC6)[C@H]5C5=C6[C@H]3[C@@H](O)[C@H]3[C@@H](CC[C@H]4[C@]1(CO)[C@@H]3C2)[C@@H]6CCC5. The lowest BCUT2D eigenvalue weighted by atomic mass is 9.31. The summed E-state index contributed by atoms with van der Waals surface area (Å²) in [6.07, 6.45) is 21.6. The Hall–Kier alpha value is -2.21. The van der Waals surface area contributed by atoms with E-state index < -0.39 is 64.1 Å². The van der Waals surface area contributed by atoms with E-state index in [1.807, 2.05) is 41.2 Å². The topological polar surface area (TPSA) is 219 Å². The first kappa shape index (κ1) is 52.2. The molecule has 1 aromatic heterocycles. The Morgan fingerprint density at radius 3 is 2.49 bits per heavy atom. The lowest BCUT2D eigenvalue weighted by Crippen LogP contribution is -2.76. The zero-order valence-corrected chi connectivity index (χ0v) is 46.8. The lowest BCUT2D eigenvalue weighted by Gasteiger charge is -2.73. The third kappa shape index (κ3) is 7.11. The number of hydrogen-bond acceptors (Lipinski definition) is 12. The molecular formula is C60H88N6O7S2. The average molecular weight is 1070 g/mol. The van der Waals surface area contributed by atoms with Crippen molar-refractivity contribution in [2.75, 3.05) is 38.2 Å². The number of aromatic nitrogens is 2. The van der Waals surface area contributed by atoms with Crippen LogP contribution in [0.15, 0.2) is 57.7 Å². The summed E-state index contributed by atoms with van der Waals surface area (Å²) >= 11 is 0. The van der Waals surface area contributed by atoms with Crippen LogP contribution in [0.25, 0.3) is 0 Å². The van der Waals surface area contributed by atoms with E-state index in [-0.39, 0.29) is 89.6 Å². The van der Waals surface area contributed by atoms with E-state index in [2.05, 4.69) is 40.2 Å². The normalized spacial score (nSPS) is 47.8. The van der Waals surface area contributed by atoms with Crippen molar-refractivity contribution in [3.05, 3.63) is 52.7 Å². The molecule has 20 atom stereocenters. The number of rotatable bonds is 7. The van der Waals surface area contributed by atoms with Gasteiger partial charge in [0.1, 0.15) is 6.23 Å². The van der Waals surface area contributed by atoms with Crippen LogP contribution in [0.1, 0.15) is 142 Å². The van der Waals surface area contributed by atoms with Gasteiger partial charge >= 0.3 is 0 Å². The molecule has 9 fully saturated rings. The van der Waals surface area contributed by atoms with Gasteiger partial charge < -0.3 is 51.6 Å². The van der Waals surface area contributed by atoms with Crippen molar-refractivity contribution in [3.63, 3.8) is 0 Å². The molecule has 2 spiro atoms. The van der Waals surface area contributed by atoms with Crippen molar-refractivity contribution in [1.82, 2.24) is 20.2 Å². The van der Waals surface area contributed by atoms with Crippen molar-refractivity contribution in [2.45, 2.75) is 173 Å². The number of carbonyl (C=O) groups excluding carboxylic acids is 1. The Bertz CT molecular complexity index is 2540. The van der Waals surface area contributed by atoms with Crippen LogP contribution in [-0.4, -0.2) is 120 Å². The van der Waals surface area contributed by atoms with E-state index in [0.29, 0.717) is 36.6 Å². The van der Waals surface area contributed by atoms with Crippen LogP contribution in [0.5, 0.6) is 0 Å². The van der Waals surface area contributed by atoms with E-state index in [1.54, 1.807) is 29.7 Å². The fraction of sp³-hybridized carbons (Fsp3) is 0.817. The summed E-state index contributed by atoms with van der Waals surface area (Å²) in [5.41, 5.74) is 9.60. The Labute approximate surface area is 453 Å². The van der Waals surface area contributed by atoms with Crippen LogP contribution in [0.2, 0.25) is 0 Å². The van der Waals surface area contributed by atoms with Crippen molar-refractivity contribution >= 4 is 33.3 Å². The molecule has 0 aromatic carbocycles. The van der Waals surface area contributed by atoms with Gasteiger partial charge in [-0.15, -0.1) is 0 Å². The molecule has 10 N–H and O–H groups in total. The van der Waals surface area contributed by atoms with Crippen molar-refractivity contribution < 1.29 is 35.4 Å². The highest BCUT2D eigenvalue weighted by molar-refractivity contribution is 8.76. The number of fused-ring (bicyclic) bond motifs is 8. The maximum Gasteiger partial charge on any atom is 0.190 e. The number of nitrogens with zero attached hydrogens (tertiary/aromatic N) is 3. The number of allylic oxidation sites excluding steroid dienone is 3. The molecule has 4 bridgehead atoms. The number of nitrogens with one attached hydrogen (secondary N) is 2. The van der Waals surface area contributed by atoms with Crippen LogP contribution >= 0.6 is 21.6 Å². The Morgan fingerprint density at radius 2 is 1.75 bits per heavy atom. The molecule has 1 aromatic rings. The first-order chi connectivity index (χ1) is 36.0. The fourth-order valence-electron chi connectivity index (χ4n) is 22.9. The zero-order valence-electron chi connectivity index (χ0n) is 45.1. The number of imidazole rings is 1. The molecule has 412 valence electrons. The molecule has 13 rings (SSSR count). The molecule has 8 saturated carbocycles. The van der Waals surface area contributed by atoms with Crippen LogP contribution < -0.4 is 16.4 Å². The van der Waals surface area contributed by atoms with Crippen LogP contribution in [0, 0.1) is 92.2 Å². The maximum atomic E-state index is 15.6. The standard InChI is InChI=1S/C60H88N6O7S2/c1-32(68)65-54(61)64-29-58-19-9-18-57-25-43(70)51(71)39(26-62-4)49(57)42(69)23-41(53(57)58)60(73)33-22-40-46-36(13-14-44(58)59(40,60)30-67)35-10-7-11-37-45(35)47(52(46)72)50(38-12-8-17-56(48(37)38)15-5-6-16-56)55(2,3)24-34(28-75-74-27-33)66-21-20-63-31-66/h20-21,23,31-36,39-40,43-44,46-49,51-53,62,67-68,70-73H,5-19,22,24-30H2,1-4H3,(H3,61,64,65)/t32-,33-,34+,35+,36+,39+,40-,43+,44-,46+,47-,48+,49+,51-,52+,53+,57+,58+,59+,60-/m1/s1. The maximum absolute atomic E-state index is 15.6. The minimum atomic E-state index is -1.63. The summed E-state index contributed by atoms with van der Waals surface area (Å²) in [7, 11) is 5.53. The van der Waals surface area contributed by atoms with E-state index in [9.17, 15) is 25.5 Å². The van der Waals surface area contributed by atoms with Crippen LogP contribution in [0.3, 0.4) is 0 Å². The quantitative estimate of drug-likeness (QED) is 0.0439. The van der Waals surface area contributed by atoms with Crippen molar-refractivity contribution in [3.8, 4) is 0 Å². The Kier molecular flexibility index (Phi) is 13.0. The van der Waals surface area contributed by atoms with E-state index in [4.69, 9.17) is 10.7 Å². The highest BCUT2D eigenvalue weighted by atomic mass is 33.1. The molecule has 0 radical (unpaired) electrons. The van der Waals surface area contributed by atoms with Gasteiger partial charge in [-0.25, -0.2) is 4.98 Å². The van der Waals surface area contributed by atoms with Crippen LogP contribution in [0.4, 0.5) is 0 Å². The first-order valence-electron chi connectivity index (χ1n) is 29.7. The lowest BCUT2D eigenvalue weighted by molar-refractivity contribution is -0.257. The van der Waals surface area contributed by atoms with E-state index >= 15 is 9.90 Å². The monoisotopic (exact) mass is 1070 g/mol. The molecular weight excluding hydrogens is 981 g/mol. The predicted molar refractivity (Wildman–Crippen MR) is 294 cm³/mol. The second-order valence-corrected chi connectivity index (χ2v) is 30.2. The number of aliphatic hydroxyl groups is 6. The third-order valence-electron chi connectivity index (χ3n) is 24.5. The second kappa shape index (κ2) is 18.7. The largest absolute Gasteiger partial charge is 0.396 e. The number of ketones is 1. The van der Waals surface area contributed by atoms with E-state index in [0.717, 1.165) is 63.5 Å². The average Bonchev–Trinajstić information content (AvgIpc) is 4.17. The molecule has 1 aliphatic heterocycles. The Balaban J connectivity index is 1.07. The summed E-state index contributed by atoms with van der Waals surface area (Å²) < 4.78 is 2.32. The third-order valence-corrected chi connectivity index (χ3v) is 27.0. The van der Waals surface area contributed by atoms with Gasteiger partial charge in [-0.2, -0.15) is 0 Å². The van der Waals surface area contributed by atoms with Gasteiger partial charge in [0.2, 0.25) is 0 Å². The minimum absolute atomic E-state index is 0.100. The summed E-state index contributed by atoms with van der Waals surface area (Å²) in [6.45, 7) is 6.96. The molecule has 13 nitrogen and oxygen atoms in total. The molecule has 15 heteroatoms. The molecule has 75 heavy (non-hydrogen) atoms. The predicted octanol–water partition coefficient (Wildman–Crippen LogP) is 7.10. The number of aliphatic hydroxyl groups excluding tert-OH is 5. The summed E-state index contributed by atoms with van der Waals surface area (Å²) in [4.78, 5) is 25.4. The van der Waals surface area contributed by atoms with Gasteiger partial charge in [-0.05, 0) is 174 Å². The van der Waals surface area contributed by atoms with Gasteiger partial charge in [0, 0.05) is 83.5 Å². The number of carbonyl (C=O) groups is 1.